The van der Waals surface area contributed by atoms with Crippen LogP contribution < -0.4 is 0 Å². The van der Waals surface area contributed by atoms with Crippen molar-refractivity contribution in [2.24, 2.45) is 0 Å². The standard InChI is InChI=1S/C16H17ClN2O2/c17-13-3-1-2-12(10-13)4-5-14-6-7-15-11-18(16(20)21)8-9-19(14)15/h1-3,10,14-15H,6-9,11H2,(H,20,21)/t14-,15+/m1/s1. The molecule has 1 N–H and O–H groups in total. The highest BCUT2D eigenvalue weighted by Crippen LogP contribution is 2.27. The highest BCUT2D eigenvalue weighted by Gasteiger charge is 2.37. The number of carbonyl (C=O) groups is 1. The monoisotopic (exact) mass is 304 g/mol. The number of carboxylic acid groups (broad SMARTS) is 1. The minimum Gasteiger partial charge on any atom is -0.465 e. The van der Waals surface area contributed by atoms with Crippen molar-refractivity contribution in [3.05, 3.63) is 34.9 Å². The topological polar surface area (TPSA) is 43.8 Å². The highest BCUT2D eigenvalue weighted by atomic mass is 35.5. The Morgan fingerprint density at radius 3 is 2.95 bits per heavy atom. The van der Waals surface area contributed by atoms with Gasteiger partial charge < -0.3 is 10.0 Å². The molecule has 2 aliphatic rings. The van der Waals surface area contributed by atoms with Gasteiger partial charge in [0.1, 0.15) is 0 Å². The summed E-state index contributed by atoms with van der Waals surface area (Å²) in [5.41, 5.74) is 0.926. The molecule has 2 aliphatic heterocycles. The number of piperazine rings is 1. The maximum absolute atomic E-state index is 11.0. The molecule has 1 aromatic rings. The third-order valence-electron chi connectivity index (χ3n) is 4.18. The van der Waals surface area contributed by atoms with E-state index in [-0.39, 0.29) is 6.04 Å². The number of halogens is 1. The van der Waals surface area contributed by atoms with E-state index in [0.29, 0.717) is 24.2 Å². The first kappa shape index (κ1) is 14.2. The summed E-state index contributed by atoms with van der Waals surface area (Å²) in [6.45, 7) is 1.94. The number of fused-ring (bicyclic) bond motifs is 1. The van der Waals surface area contributed by atoms with Crippen LogP contribution in [0.2, 0.25) is 5.02 Å². The first-order valence-corrected chi connectivity index (χ1v) is 7.52. The van der Waals surface area contributed by atoms with Crippen LogP contribution in [-0.4, -0.2) is 52.7 Å². The van der Waals surface area contributed by atoms with Gasteiger partial charge in [0, 0.05) is 36.3 Å². The average Bonchev–Trinajstić information content (AvgIpc) is 2.87. The van der Waals surface area contributed by atoms with E-state index in [2.05, 4.69) is 16.7 Å². The Morgan fingerprint density at radius 1 is 1.33 bits per heavy atom. The van der Waals surface area contributed by atoms with Crippen molar-refractivity contribution in [3.8, 4) is 11.8 Å². The zero-order chi connectivity index (χ0) is 14.8. The van der Waals surface area contributed by atoms with E-state index in [1.807, 2.05) is 24.3 Å². The largest absolute Gasteiger partial charge is 0.465 e. The van der Waals surface area contributed by atoms with Gasteiger partial charge in [-0.25, -0.2) is 4.79 Å². The van der Waals surface area contributed by atoms with Crippen molar-refractivity contribution in [1.82, 2.24) is 9.80 Å². The third-order valence-corrected chi connectivity index (χ3v) is 4.42. The maximum atomic E-state index is 11.0. The SMILES string of the molecule is O=C(O)N1CCN2[C@@H](CC[C@H]2C#Cc2cccc(Cl)c2)C1. The van der Waals surface area contributed by atoms with Crippen LogP contribution in [-0.2, 0) is 0 Å². The lowest BCUT2D eigenvalue weighted by molar-refractivity contribution is 0.0807. The summed E-state index contributed by atoms with van der Waals surface area (Å²) < 4.78 is 0. The maximum Gasteiger partial charge on any atom is 0.407 e. The van der Waals surface area contributed by atoms with Crippen LogP contribution in [0.3, 0.4) is 0 Å². The third kappa shape index (κ3) is 3.15. The Bertz CT molecular complexity index is 608. The van der Waals surface area contributed by atoms with Crippen LogP contribution in [0.4, 0.5) is 4.79 Å². The molecular formula is C16H17ClN2O2. The van der Waals surface area contributed by atoms with E-state index >= 15 is 0 Å². The fourth-order valence-corrected chi connectivity index (χ4v) is 3.30. The van der Waals surface area contributed by atoms with E-state index in [1.54, 1.807) is 0 Å². The second-order valence-corrected chi connectivity index (χ2v) is 5.93. The average molecular weight is 305 g/mol. The molecule has 2 heterocycles. The zero-order valence-corrected chi connectivity index (χ0v) is 12.4. The van der Waals surface area contributed by atoms with Gasteiger partial charge in [-0.2, -0.15) is 0 Å². The van der Waals surface area contributed by atoms with Crippen molar-refractivity contribution >= 4 is 17.7 Å². The lowest BCUT2D eigenvalue weighted by atomic mass is 10.1. The van der Waals surface area contributed by atoms with Gasteiger partial charge in [0.25, 0.3) is 0 Å². The number of hydrogen-bond acceptors (Lipinski definition) is 2. The molecule has 2 saturated heterocycles. The van der Waals surface area contributed by atoms with Crippen LogP contribution in [0.15, 0.2) is 24.3 Å². The van der Waals surface area contributed by atoms with E-state index in [9.17, 15) is 4.79 Å². The molecule has 5 heteroatoms. The second kappa shape index (κ2) is 5.97. The van der Waals surface area contributed by atoms with Gasteiger partial charge in [0.15, 0.2) is 0 Å². The molecular weight excluding hydrogens is 288 g/mol. The minimum absolute atomic E-state index is 0.227. The van der Waals surface area contributed by atoms with E-state index in [4.69, 9.17) is 16.7 Å². The Balaban J connectivity index is 1.68. The van der Waals surface area contributed by atoms with Crippen molar-refractivity contribution in [2.75, 3.05) is 19.6 Å². The molecule has 0 saturated carbocycles. The van der Waals surface area contributed by atoms with Gasteiger partial charge in [-0.1, -0.05) is 29.5 Å². The van der Waals surface area contributed by atoms with Crippen molar-refractivity contribution in [3.63, 3.8) is 0 Å². The molecule has 3 rings (SSSR count). The van der Waals surface area contributed by atoms with Crippen molar-refractivity contribution in [1.29, 1.82) is 0 Å². The first-order valence-electron chi connectivity index (χ1n) is 7.14. The van der Waals surface area contributed by atoms with Gasteiger partial charge in [0.05, 0.1) is 6.04 Å². The fraction of sp³-hybridized carbons (Fsp3) is 0.438. The summed E-state index contributed by atoms with van der Waals surface area (Å²) in [7, 11) is 0. The van der Waals surface area contributed by atoms with Gasteiger partial charge in [-0.3, -0.25) is 4.90 Å². The molecule has 0 radical (unpaired) electrons. The second-order valence-electron chi connectivity index (χ2n) is 5.49. The summed E-state index contributed by atoms with van der Waals surface area (Å²) in [6, 6.07) is 8.09. The molecule has 0 aliphatic carbocycles. The molecule has 1 aromatic carbocycles. The Hall–Kier alpha value is -1.70. The lowest BCUT2D eigenvalue weighted by Gasteiger charge is -2.37. The van der Waals surface area contributed by atoms with Gasteiger partial charge in [-0.15, -0.1) is 0 Å². The van der Waals surface area contributed by atoms with E-state index in [0.717, 1.165) is 24.9 Å². The van der Waals surface area contributed by atoms with Gasteiger partial charge >= 0.3 is 6.09 Å². The minimum atomic E-state index is -0.817. The van der Waals surface area contributed by atoms with Gasteiger partial charge in [0.2, 0.25) is 0 Å². The summed E-state index contributed by atoms with van der Waals surface area (Å²) in [4.78, 5) is 14.9. The summed E-state index contributed by atoms with van der Waals surface area (Å²) in [6.07, 6.45) is 1.20. The van der Waals surface area contributed by atoms with Crippen LogP contribution in [0.25, 0.3) is 0 Å². The summed E-state index contributed by atoms with van der Waals surface area (Å²) in [5, 5.41) is 9.76. The number of hydrogen-bond donors (Lipinski definition) is 1. The van der Waals surface area contributed by atoms with Crippen molar-refractivity contribution < 1.29 is 9.90 Å². The predicted molar refractivity (Wildman–Crippen MR) is 81.4 cm³/mol. The molecule has 0 unspecified atom stereocenters. The molecule has 0 spiro atoms. The lowest BCUT2D eigenvalue weighted by Crippen LogP contribution is -2.53. The predicted octanol–water partition coefficient (Wildman–Crippen LogP) is 2.52. The number of benzene rings is 1. The molecule has 1 amide bonds. The number of amides is 1. The molecule has 2 fully saturated rings. The molecule has 110 valence electrons. The van der Waals surface area contributed by atoms with Crippen LogP contribution in [0, 0.1) is 11.8 Å². The quantitative estimate of drug-likeness (QED) is 0.749. The molecule has 21 heavy (non-hydrogen) atoms. The molecule has 0 bridgehead atoms. The summed E-state index contributed by atoms with van der Waals surface area (Å²) >= 11 is 5.96. The highest BCUT2D eigenvalue weighted by molar-refractivity contribution is 6.30. The first-order chi connectivity index (χ1) is 10.1. The van der Waals surface area contributed by atoms with Crippen LogP contribution >= 0.6 is 11.6 Å². The Labute approximate surface area is 129 Å². The van der Waals surface area contributed by atoms with Crippen LogP contribution in [0.5, 0.6) is 0 Å². The molecule has 0 aromatic heterocycles. The smallest absolute Gasteiger partial charge is 0.407 e. The number of rotatable bonds is 0. The molecule has 4 nitrogen and oxygen atoms in total. The summed E-state index contributed by atoms with van der Waals surface area (Å²) in [5.74, 6) is 6.51. The van der Waals surface area contributed by atoms with Crippen LogP contribution in [0.1, 0.15) is 18.4 Å². The van der Waals surface area contributed by atoms with E-state index < -0.39 is 6.09 Å². The van der Waals surface area contributed by atoms with Crippen molar-refractivity contribution in [2.45, 2.75) is 24.9 Å². The molecule has 2 atom stereocenters. The Morgan fingerprint density at radius 2 is 2.19 bits per heavy atom. The number of nitrogens with zero attached hydrogens (tertiary/aromatic N) is 2. The zero-order valence-electron chi connectivity index (χ0n) is 11.6. The normalized spacial score (nSPS) is 25.1. The van der Waals surface area contributed by atoms with Gasteiger partial charge in [-0.05, 0) is 31.0 Å². The fourth-order valence-electron chi connectivity index (χ4n) is 3.11. The Kier molecular flexibility index (Phi) is 4.05. The van der Waals surface area contributed by atoms with E-state index in [1.165, 1.54) is 4.90 Å².